The van der Waals surface area contributed by atoms with E-state index >= 15 is 0 Å². The van der Waals surface area contributed by atoms with Crippen LogP contribution in [0.2, 0.25) is 0 Å². The monoisotopic (exact) mass is 340 g/mol. The van der Waals surface area contributed by atoms with E-state index in [-0.39, 0.29) is 47.9 Å². The van der Waals surface area contributed by atoms with Crippen molar-refractivity contribution in [1.29, 1.82) is 0 Å². The van der Waals surface area contributed by atoms with Gasteiger partial charge in [-0.15, -0.1) is 0 Å². The molecule has 1 heterocycles. The second-order valence-electron chi connectivity index (χ2n) is 5.57. The van der Waals surface area contributed by atoms with E-state index in [9.17, 15) is 9.59 Å². The summed E-state index contributed by atoms with van der Waals surface area (Å²) in [5, 5.41) is 2.93. The number of benzene rings is 2. The molecule has 0 radical (unpaired) electrons. The third-order valence-corrected chi connectivity index (χ3v) is 3.85. The van der Waals surface area contributed by atoms with E-state index in [4.69, 9.17) is 10.2 Å². The number of aromatic nitrogens is 1. The van der Waals surface area contributed by atoms with Crippen LogP contribution in [-0.4, -0.2) is 30.0 Å². The average Bonchev–Trinajstić information content (AvgIpc) is 3.13. The van der Waals surface area contributed by atoms with Gasteiger partial charge in [0.15, 0.2) is 0 Å². The van der Waals surface area contributed by atoms with Crippen molar-refractivity contribution < 1.29 is 19.8 Å². The molecule has 5 heteroatoms. The van der Waals surface area contributed by atoms with E-state index in [1.165, 1.54) is 13.3 Å². The molecule has 0 aliphatic rings. The van der Waals surface area contributed by atoms with Crippen LogP contribution < -0.4 is 5.32 Å². The van der Waals surface area contributed by atoms with Crippen molar-refractivity contribution in [2.75, 3.05) is 7.11 Å². The maximum Gasteiger partial charge on any atom is 0.328 e. The largest absolute Gasteiger partial charge is 0.467 e. The molecule has 0 saturated heterocycles. The van der Waals surface area contributed by atoms with Crippen LogP contribution in [-0.2, 0) is 27.2 Å². The molecule has 0 aliphatic heterocycles. The highest BCUT2D eigenvalue weighted by Gasteiger charge is 2.22. The summed E-state index contributed by atoms with van der Waals surface area (Å²) in [6, 6.07) is 7.26. The Hall–Kier alpha value is -3.08. The van der Waals surface area contributed by atoms with Crippen LogP contribution in [0.25, 0.3) is 10.9 Å². The van der Waals surface area contributed by atoms with Crippen molar-refractivity contribution in [2.24, 2.45) is 0 Å². The van der Waals surface area contributed by atoms with Crippen molar-refractivity contribution in [1.82, 2.24) is 10.3 Å². The molecular weight excluding hydrogens is 316 g/mol. The second-order valence-corrected chi connectivity index (χ2v) is 5.57. The Kier molecular flexibility index (Phi) is 3.77. The van der Waals surface area contributed by atoms with Gasteiger partial charge in [-0.3, -0.25) is 4.79 Å². The van der Waals surface area contributed by atoms with E-state index in [0.29, 0.717) is 5.56 Å². The van der Waals surface area contributed by atoms with Gasteiger partial charge < -0.3 is 15.0 Å². The molecule has 3 rings (SSSR count). The fraction of sp³-hybridized carbons (Fsp3) is 0.200. The number of esters is 1. The number of amides is 1. The number of carbonyl (C=O) groups is 2. The maximum absolute atomic E-state index is 12.6. The van der Waals surface area contributed by atoms with Crippen molar-refractivity contribution in [2.45, 2.75) is 18.9 Å². The van der Waals surface area contributed by atoms with Crippen LogP contribution in [0.4, 0.5) is 0 Å². The Labute approximate surface area is 151 Å². The fourth-order valence-electron chi connectivity index (χ4n) is 2.64. The number of carbonyl (C=O) groups excluding carboxylic acids is 2. The van der Waals surface area contributed by atoms with Crippen LogP contribution in [0.3, 0.4) is 0 Å². The fourth-order valence-corrected chi connectivity index (χ4v) is 2.64. The number of ether oxygens (including phenoxy) is 1. The Morgan fingerprint density at radius 3 is 2.76 bits per heavy atom. The summed E-state index contributed by atoms with van der Waals surface area (Å²) in [6.45, 7) is 0. The maximum atomic E-state index is 12.6. The SMILES string of the molecule is [2H]c1c([2H])c([2H])c2c(CC(=O)N[C@@H](Cc3ccccc3)C(=O)OC)c[nH]c2c1[2H]. The van der Waals surface area contributed by atoms with Crippen LogP contribution in [0, 0.1) is 0 Å². The number of para-hydroxylation sites is 1. The van der Waals surface area contributed by atoms with Crippen LogP contribution in [0.5, 0.6) is 0 Å². The molecule has 0 spiro atoms. The zero-order valence-electron chi connectivity index (χ0n) is 17.7. The van der Waals surface area contributed by atoms with E-state index in [1.54, 1.807) is 0 Å². The average molecular weight is 340 g/mol. The molecule has 5 nitrogen and oxygen atoms in total. The summed E-state index contributed by atoms with van der Waals surface area (Å²) in [5.74, 6) is -1.02. The Balaban J connectivity index is 1.83. The zero-order valence-corrected chi connectivity index (χ0v) is 13.7. The quantitative estimate of drug-likeness (QED) is 0.678. The number of H-pyrrole nitrogens is 1. The van der Waals surface area contributed by atoms with Gasteiger partial charge in [0, 0.05) is 23.5 Å². The lowest BCUT2D eigenvalue weighted by atomic mass is 10.1. The van der Waals surface area contributed by atoms with Gasteiger partial charge in [0.1, 0.15) is 6.04 Å². The van der Waals surface area contributed by atoms with Gasteiger partial charge in [-0.25, -0.2) is 4.79 Å². The highest BCUT2D eigenvalue weighted by atomic mass is 16.5. The number of rotatable bonds is 6. The van der Waals surface area contributed by atoms with E-state index < -0.39 is 17.9 Å². The molecule has 1 atom stereocenters. The predicted molar refractivity (Wildman–Crippen MR) is 96.1 cm³/mol. The predicted octanol–water partition coefficient (Wildman–Crippen LogP) is 2.61. The molecular formula is C20H20N2O3. The highest BCUT2D eigenvalue weighted by molar-refractivity contribution is 5.90. The standard InChI is InChI=1S/C20H20N2O3/c1-25-20(24)18(11-14-7-3-2-4-8-14)22-19(23)12-15-13-21-17-10-6-5-9-16(15)17/h2-10,13,18,21H,11-12H2,1H3,(H,22,23)/t18-/m0/s1/i5D,6D,9D,10D. The minimum absolute atomic E-state index is 0.148. The van der Waals surface area contributed by atoms with Gasteiger partial charge in [0.05, 0.1) is 19.0 Å². The van der Waals surface area contributed by atoms with Gasteiger partial charge in [0.2, 0.25) is 5.91 Å². The number of methoxy groups -OCH3 is 1. The third-order valence-electron chi connectivity index (χ3n) is 3.85. The molecule has 2 N–H and O–H groups in total. The highest BCUT2D eigenvalue weighted by Crippen LogP contribution is 2.18. The molecule has 3 aromatic rings. The summed E-state index contributed by atoms with van der Waals surface area (Å²) in [4.78, 5) is 27.5. The van der Waals surface area contributed by atoms with Gasteiger partial charge >= 0.3 is 5.97 Å². The van der Waals surface area contributed by atoms with E-state index in [1.807, 2.05) is 30.3 Å². The molecule has 2 aromatic carbocycles. The van der Waals surface area contributed by atoms with Crippen LogP contribution >= 0.6 is 0 Å². The van der Waals surface area contributed by atoms with Gasteiger partial charge in [0.25, 0.3) is 0 Å². The Morgan fingerprint density at radius 1 is 1.24 bits per heavy atom. The minimum atomic E-state index is -0.867. The molecule has 25 heavy (non-hydrogen) atoms. The summed E-state index contributed by atoms with van der Waals surface area (Å²) < 4.78 is 36.4. The Bertz CT molecular complexity index is 1070. The number of aromatic amines is 1. The molecule has 0 bridgehead atoms. The molecule has 1 aromatic heterocycles. The number of hydrogen-bond acceptors (Lipinski definition) is 3. The first-order chi connectivity index (χ1) is 13.8. The first-order valence-electron chi connectivity index (χ1n) is 9.80. The van der Waals surface area contributed by atoms with Crippen LogP contribution in [0.15, 0.2) is 60.7 Å². The lowest BCUT2D eigenvalue weighted by Crippen LogP contribution is -2.43. The molecule has 0 saturated carbocycles. The van der Waals surface area contributed by atoms with Gasteiger partial charge in [-0.1, -0.05) is 48.5 Å². The smallest absolute Gasteiger partial charge is 0.328 e. The summed E-state index contributed by atoms with van der Waals surface area (Å²) >= 11 is 0. The molecule has 128 valence electrons. The number of fused-ring (bicyclic) bond motifs is 1. The molecule has 0 aliphatic carbocycles. The Morgan fingerprint density at radius 2 is 2.00 bits per heavy atom. The van der Waals surface area contributed by atoms with E-state index in [2.05, 4.69) is 10.3 Å². The second kappa shape index (κ2) is 7.66. The van der Waals surface area contributed by atoms with E-state index in [0.717, 1.165) is 5.56 Å². The van der Waals surface area contributed by atoms with Gasteiger partial charge in [-0.05, 0) is 17.2 Å². The molecule has 0 fully saturated rings. The van der Waals surface area contributed by atoms with Crippen molar-refractivity contribution in [3.63, 3.8) is 0 Å². The molecule has 0 unspecified atom stereocenters. The first-order valence-corrected chi connectivity index (χ1v) is 7.80. The number of hydrogen-bond donors (Lipinski definition) is 2. The van der Waals surface area contributed by atoms with Crippen molar-refractivity contribution in [3.8, 4) is 0 Å². The molecule has 1 amide bonds. The van der Waals surface area contributed by atoms with Gasteiger partial charge in [-0.2, -0.15) is 0 Å². The number of nitrogens with one attached hydrogen (secondary N) is 2. The summed E-state index contributed by atoms with van der Waals surface area (Å²) in [7, 11) is 1.25. The first kappa shape index (κ1) is 12.3. The summed E-state index contributed by atoms with van der Waals surface area (Å²) in [5.41, 5.74) is 1.53. The van der Waals surface area contributed by atoms with Crippen LogP contribution in [0.1, 0.15) is 16.6 Å². The normalized spacial score (nSPS) is 14.1. The third kappa shape index (κ3) is 4.07. The zero-order chi connectivity index (χ0) is 21.1. The summed E-state index contributed by atoms with van der Waals surface area (Å²) in [6.07, 6.45) is 1.61. The minimum Gasteiger partial charge on any atom is -0.467 e. The lowest BCUT2D eigenvalue weighted by molar-refractivity contribution is -0.145. The van der Waals surface area contributed by atoms with Crippen molar-refractivity contribution >= 4 is 22.8 Å². The lowest BCUT2D eigenvalue weighted by Gasteiger charge is -2.16. The topological polar surface area (TPSA) is 71.2 Å². The van der Waals surface area contributed by atoms with Crippen molar-refractivity contribution in [3.05, 3.63) is 71.8 Å².